The quantitative estimate of drug-likeness (QED) is 0.671. The summed E-state index contributed by atoms with van der Waals surface area (Å²) in [6.45, 7) is 3.88. The van der Waals surface area contributed by atoms with E-state index < -0.39 is 0 Å². The van der Waals surface area contributed by atoms with E-state index in [0.717, 1.165) is 10.6 Å². The third kappa shape index (κ3) is 1.64. The predicted octanol–water partition coefficient (Wildman–Crippen LogP) is 0.901. The smallest absolute Gasteiger partial charge is 0.204 e. The van der Waals surface area contributed by atoms with Gasteiger partial charge in [0.25, 0.3) is 0 Å². The molecular formula is C7H10N2OS. The molecule has 0 aromatic carbocycles. The van der Waals surface area contributed by atoms with Gasteiger partial charge in [0.1, 0.15) is 0 Å². The first kappa shape index (κ1) is 8.36. The summed E-state index contributed by atoms with van der Waals surface area (Å²) in [7, 11) is 0. The third-order valence-electron chi connectivity index (χ3n) is 1.45. The van der Waals surface area contributed by atoms with Gasteiger partial charge in [-0.25, -0.2) is 4.98 Å². The normalized spacial score (nSPS) is 10.1. The van der Waals surface area contributed by atoms with Crippen LogP contribution >= 0.6 is 11.3 Å². The summed E-state index contributed by atoms with van der Waals surface area (Å²) in [5.74, 6) is -0.0776. The van der Waals surface area contributed by atoms with Crippen LogP contribution in [0.25, 0.3) is 0 Å². The fraction of sp³-hybridized carbons (Fsp3) is 0.429. The Labute approximate surface area is 69.3 Å². The van der Waals surface area contributed by atoms with Gasteiger partial charge in [-0.05, 0) is 13.8 Å². The molecule has 0 bridgehead atoms. The molecule has 0 aliphatic rings. The number of aryl methyl sites for hydroxylation is 2. The van der Waals surface area contributed by atoms with Crippen molar-refractivity contribution in [2.24, 2.45) is 5.73 Å². The number of hydrogen-bond donors (Lipinski definition) is 1. The number of hydrogen-bond acceptors (Lipinski definition) is 4. The van der Waals surface area contributed by atoms with Crippen molar-refractivity contribution in [2.45, 2.75) is 13.8 Å². The van der Waals surface area contributed by atoms with E-state index in [1.54, 1.807) is 0 Å². The third-order valence-corrected chi connectivity index (χ3v) is 2.57. The van der Waals surface area contributed by atoms with Crippen LogP contribution in [0.3, 0.4) is 0 Å². The van der Waals surface area contributed by atoms with E-state index >= 15 is 0 Å². The van der Waals surface area contributed by atoms with Crippen molar-refractivity contribution < 1.29 is 4.79 Å². The summed E-state index contributed by atoms with van der Waals surface area (Å²) in [4.78, 5) is 16.2. The summed E-state index contributed by atoms with van der Waals surface area (Å²) in [6.07, 6.45) is 0. The second-order valence-corrected chi connectivity index (χ2v) is 3.49. The first-order valence-electron chi connectivity index (χ1n) is 3.32. The number of rotatable bonds is 2. The highest BCUT2D eigenvalue weighted by Crippen LogP contribution is 2.16. The monoisotopic (exact) mass is 170 g/mol. The molecule has 60 valence electrons. The molecule has 0 amide bonds. The second kappa shape index (κ2) is 3.11. The molecule has 0 saturated carbocycles. The lowest BCUT2D eigenvalue weighted by Crippen LogP contribution is -2.13. The van der Waals surface area contributed by atoms with Crippen LogP contribution in [0.15, 0.2) is 0 Å². The predicted molar refractivity (Wildman–Crippen MR) is 45.0 cm³/mol. The van der Waals surface area contributed by atoms with E-state index in [1.807, 2.05) is 13.8 Å². The Morgan fingerprint density at radius 3 is 2.64 bits per heavy atom. The van der Waals surface area contributed by atoms with Crippen LogP contribution in [0.1, 0.15) is 20.4 Å². The molecule has 2 N–H and O–H groups in total. The lowest BCUT2D eigenvalue weighted by molar-refractivity contribution is 0.100. The number of nitrogens with zero attached hydrogens (tertiary/aromatic N) is 1. The van der Waals surface area contributed by atoms with Crippen molar-refractivity contribution in [3.63, 3.8) is 0 Å². The number of carbonyl (C=O) groups is 1. The Morgan fingerprint density at radius 2 is 2.27 bits per heavy atom. The van der Waals surface area contributed by atoms with E-state index in [4.69, 9.17) is 5.73 Å². The molecule has 0 saturated heterocycles. The van der Waals surface area contributed by atoms with Gasteiger partial charge < -0.3 is 5.73 Å². The average Bonchev–Trinajstić information content (AvgIpc) is 2.31. The van der Waals surface area contributed by atoms with Crippen LogP contribution in [-0.2, 0) is 0 Å². The van der Waals surface area contributed by atoms with Gasteiger partial charge >= 0.3 is 0 Å². The zero-order chi connectivity index (χ0) is 8.43. The maximum Gasteiger partial charge on any atom is 0.204 e. The van der Waals surface area contributed by atoms with E-state index in [-0.39, 0.29) is 12.3 Å². The highest BCUT2D eigenvalue weighted by Gasteiger charge is 2.09. The molecule has 0 radical (unpaired) electrons. The zero-order valence-electron chi connectivity index (χ0n) is 6.55. The van der Waals surface area contributed by atoms with E-state index in [9.17, 15) is 4.79 Å². The SMILES string of the molecule is Cc1nc(C(=O)CN)sc1C. The lowest BCUT2D eigenvalue weighted by atomic mass is 10.4. The van der Waals surface area contributed by atoms with Crippen molar-refractivity contribution >= 4 is 17.1 Å². The fourth-order valence-electron chi connectivity index (χ4n) is 0.679. The number of carbonyl (C=O) groups excluding carboxylic acids is 1. The van der Waals surface area contributed by atoms with E-state index in [0.29, 0.717) is 5.01 Å². The molecule has 4 heteroatoms. The maximum atomic E-state index is 11.0. The molecule has 11 heavy (non-hydrogen) atoms. The van der Waals surface area contributed by atoms with Gasteiger partial charge in [-0.1, -0.05) is 0 Å². The van der Waals surface area contributed by atoms with Gasteiger partial charge in [-0.15, -0.1) is 11.3 Å². The number of Topliss-reactive ketones (excluding diaryl/α,β-unsaturated/α-hetero) is 1. The van der Waals surface area contributed by atoms with Crippen molar-refractivity contribution in [2.75, 3.05) is 6.54 Å². The first-order chi connectivity index (χ1) is 5.15. The van der Waals surface area contributed by atoms with E-state index in [1.165, 1.54) is 11.3 Å². The molecular weight excluding hydrogens is 160 g/mol. The topological polar surface area (TPSA) is 56.0 Å². The van der Waals surface area contributed by atoms with Crippen molar-refractivity contribution in [3.8, 4) is 0 Å². The minimum absolute atomic E-state index is 0.0480. The highest BCUT2D eigenvalue weighted by atomic mass is 32.1. The van der Waals surface area contributed by atoms with Crippen molar-refractivity contribution in [1.29, 1.82) is 0 Å². The molecule has 0 spiro atoms. The number of nitrogens with two attached hydrogens (primary N) is 1. The zero-order valence-corrected chi connectivity index (χ0v) is 7.36. The lowest BCUT2D eigenvalue weighted by Gasteiger charge is -1.86. The van der Waals surface area contributed by atoms with Crippen LogP contribution in [0.4, 0.5) is 0 Å². The number of ketones is 1. The van der Waals surface area contributed by atoms with Gasteiger partial charge in [0.15, 0.2) is 5.01 Å². The largest absolute Gasteiger partial charge is 0.324 e. The standard InChI is InChI=1S/C7H10N2OS/c1-4-5(2)11-7(9-4)6(10)3-8/h3,8H2,1-2H3. The summed E-state index contributed by atoms with van der Waals surface area (Å²) in [6, 6.07) is 0. The summed E-state index contributed by atoms with van der Waals surface area (Å²) >= 11 is 1.41. The summed E-state index contributed by atoms with van der Waals surface area (Å²) in [5, 5.41) is 0.530. The minimum Gasteiger partial charge on any atom is -0.324 e. The van der Waals surface area contributed by atoms with Gasteiger partial charge in [-0.3, -0.25) is 4.79 Å². The van der Waals surface area contributed by atoms with Gasteiger partial charge in [-0.2, -0.15) is 0 Å². The number of aromatic nitrogens is 1. The second-order valence-electron chi connectivity index (χ2n) is 2.29. The first-order valence-corrected chi connectivity index (χ1v) is 4.14. The maximum absolute atomic E-state index is 11.0. The summed E-state index contributed by atoms with van der Waals surface area (Å²) in [5.41, 5.74) is 6.10. The fourth-order valence-corrected chi connectivity index (χ4v) is 1.54. The Kier molecular flexibility index (Phi) is 2.36. The summed E-state index contributed by atoms with van der Waals surface area (Å²) < 4.78 is 0. The van der Waals surface area contributed by atoms with Crippen LogP contribution in [0.2, 0.25) is 0 Å². The van der Waals surface area contributed by atoms with Gasteiger partial charge in [0.2, 0.25) is 5.78 Å². The molecule has 0 unspecified atom stereocenters. The van der Waals surface area contributed by atoms with Crippen LogP contribution < -0.4 is 5.73 Å². The molecule has 0 aliphatic carbocycles. The molecule has 1 heterocycles. The van der Waals surface area contributed by atoms with Crippen molar-refractivity contribution in [3.05, 3.63) is 15.6 Å². The molecule has 0 fully saturated rings. The van der Waals surface area contributed by atoms with Gasteiger partial charge in [0.05, 0.1) is 12.2 Å². The molecule has 0 atom stereocenters. The Bertz CT molecular complexity index is 260. The number of thiazole rings is 1. The highest BCUT2D eigenvalue weighted by molar-refractivity contribution is 7.13. The van der Waals surface area contributed by atoms with Gasteiger partial charge in [0, 0.05) is 4.88 Å². The van der Waals surface area contributed by atoms with Crippen LogP contribution in [-0.4, -0.2) is 17.3 Å². The van der Waals surface area contributed by atoms with Crippen LogP contribution in [0, 0.1) is 13.8 Å². The average molecular weight is 170 g/mol. The minimum atomic E-state index is -0.0776. The molecule has 3 nitrogen and oxygen atoms in total. The molecule has 1 aromatic heterocycles. The van der Waals surface area contributed by atoms with Crippen molar-refractivity contribution in [1.82, 2.24) is 4.98 Å². The molecule has 0 aliphatic heterocycles. The Morgan fingerprint density at radius 1 is 1.64 bits per heavy atom. The molecule has 1 rings (SSSR count). The Hall–Kier alpha value is -0.740. The molecule has 1 aromatic rings. The van der Waals surface area contributed by atoms with E-state index in [2.05, 4.69) is 4.98 Å². The van der Waals surface area contributed by atoms with Crippen LogP contribution in [0.5, 0.6) is 0 Å². The Balaban J connectivity index is 2.97.